The van der Waals surface area contributed by atoms with Crippen molar-refractivity contribution in [2.45, 2.75) is 63.8 Å². The molecule has 2 aliphatic rings. The van der Waals surface area contributed by atoms with E-state index >= 15 is 0 Å². The molecule has 0 saturated heterocycles. The van der Waals surface area contributed by atoms with Crippen LogP contribution in [0.4, 0.5) is 0 Å². The number of hydrogen-bond acceptors (Lipinski definition) is 5. The normalized spacial score (nSPS) is 19.6. The number of nitrogens with zero attached hydrogens (tertiary/aromatic N) is 3. The fourth-order valence-corrected chi connectivity index (χ4v) is 3.48. The van der Waals surface area contributed by atoms with Crippen LogP contribution >= 0.6 is 0 Å². The summed E-state index contributed by atoms with van der Waals surface area (Å²) in [5.41, 5.74) is 2.01. The molecule has 2 heterocycles. The van der Waals surface area contributed by atoms with E-state index in [1.165, 1.54) is 19.3 Å². The van der Waals surface area contributed by atoms with Crippen molar-refractivity contribution < 1.29 is 9.32 Å². The van der Waals surface area contributed by atoms with Gasteiger partial charge in [-0.25, -0.2) is 0 Å². The van der Waals surface area contributed by atoms with Crippen molar-refractivity contribution >= 4 is 5.91 Å². The first-order valence-electron chi connectivity index (χ1n) is 9.31. The summed E-state index contributed by atoms with van der Waals surface area (Å²) in [7, 11) is 0. The van der Waals surface area contributed by atoms with Crippen molar-refractivity contribution in [3.8, 4) is 11.4 Å². The maximum absolute atomic E-state index is 12.4. The molecular weight excluding hydrogens is 316 g/mol. The summed E-state index contributed by atoms with van der Waals surface area (Å²) in [5.74, 6) is 1.81. The molecule has 25 heavy (non-hydrogen) atoms. The zero-order valence-corrected chi connectivity index (χ0v) is 14.6. The lowest BCUT2D eigenvalue weighted by molar-refractivity contribution is -0.126. The van der Waals surface area contributed by atoms with Crippen LogP contribution in [-0.4, -0.2) is 21.0 Å². The summed E-state index contributed by atoms with van der Waals surface area (Å²) >= 11 is 0. The summed E-state index contributed by atoms with van der Waals surface area (Å²) in [6.07, 6.45) is 9.69. The molecule has 1 amide bonds. The van der Waals surface area contributed by atoms with Crippen molar-refractivity contribution in [2.24, 2.45) is 5.92 Å². The van der Waals surface area contributed by atoms with Crippen molar-refractivity contribution in [3.05, 3.63) is 29.9 Å². The van der Waals surface area contributed by atoms with Crippen LogP contribution in [-0.2, 0) is 4.79 Å². The maximum Gasteiger partial charge on any atom is 0.249 e. The van der Waals surface area contributed by atoms with Gasteiger partial charge in [0.15, 0.2) is 0 Å². The Morgan fingerprint density at radius 3 is 2.80 bits per heavy atom. The topological polar surface area (TPSA) is 80.9 Å². The highest BCUT2D eigenvalue weighted by Gasteiger charge is 2.26. The zero-order chi connectivity index (χ0) is 17.2. The van der Waals surface area contributed by atoms with E-state index in [0.29, 0.717) is 17.6 Å². The minimum absolute atomic E-state index is 0.104. The molecule has 0 bridgehead atoms. The van der Waals surface area contributed by atoms with Crippen LogP contribution in [0.25, 0.3) is 11.4 Å². The fraction of sp³-hybridized carbons (Fsp3) is 0.579. The summed E-state index contributed by atoms with van der Waals surface area (Å²) in [5, 5.41) is 7.11. The van der Waals surface area contributed by atoms with E-state index in [1.807, 2.05) is 19.1 Å². The molecule has 0 radical (unpaired) electrons. The highest BCUT2D eigenvalue weighted by atomic mass is 16.5. The average molecular weight is 340 g/mol. The molecule has 0 spiro atoms. The molecule has 0 aromatic carbocycles. The zero-order valence-electron chi connectivity index (χ0n) is 14.6. The van der Waals surface area contributed by atoms with Crippen LogP contribution in [0.3, 0.4) is 0 Å². The van der Waals surface area contributed by atoms with Gasteiger partial charge in [0, 0.05) is 29.3 Å². The summed E-state index contributed by atoms with van der Waals surface area (Å²) in [4.78, 5) is 21.3. The monoisotopic (exact) mass is 340 g/mol. The molecular formula is C19H24N4O2. The second-order valence-electron chi connectivity index (χ2n) is 7.27. The Bertz CT molecular complexity index is 747. The number of carbonyl (C=O) groups is 1. The third-order valence-corrected chi connectivity index (χ3v) is 5.18. The highest BCUT2D eigenvalue weighted by molar-refractivity contribution is 5.79. The van der Waals surface area contributed by atoms with E-state index in [-0.39, 0.29) is 17.9 Å². The van der Waals surface area contributed by atoms with Crippen LogP contribution < -0.4 is 5.32 Å². The third kappa shape index (κ3) is 3.72. The lowest BCUT2D eigenvalue weighted by Crippen LogP contribution is -2.33. The predicted molar refractivity (Wildman–Crippen MR) is 92.6 cm³/mol. The molecule has 2 fully saturated rings. The van der Waals surface area contributed by atoms with Crippen LogP contribution in [0.15, 0.2) is 22.9 Å². The van der Waals surface area contributed by atoms with Crippen molar-refractivity contribution in [1.29, 1.82) is 0 Å². The van der Waals surface area contributed by atoms with E-state index < -0.39 is 0 Å². The molecule has 2 aromatic heterocycles. The summed E-state index contributed by atoms with van der Waals surface area (Å²) < 4.78 is 5.39. The van der Waals surface area contributed by atoms with Crippen LogP contribution in [0.1, 0.15) is 75.4 Å². The Morgan fingerprint density at radius 2 is 2.04 bits per heavy atom. The number of aromatic nitrogens is 3. The Hall–Kier alpha value is -2.24. The van der Waals surface area contributed by atoms with Gasteiger partial charge in [0.05, 0.1) is 0 Å². The molecule has 0 aliphatic heterocycles. The largest absolute Gasteiger partial charge is 0.344 e. The SMILES string of the molecule is C[C@H](NC(=O)C1CCCCC1)c1nc(-c2ccnc(C3CC3)c2)no1. The Labute approximate surface area is 147 Å². The van der Waals surface area contributed by atoms with Crippen LogP contribution in [0.2, 0.25) is 0 Å². The molecule has 1 atom stereocenters. The highest BCUT2D eigenvalue weighted by Crippen LogP contribution is 2.39. The predicted octanol–water partition coefficient (Wildman–Crippen LogP) is 3.77. The van der Waals surface area contributed by atoms with E-state index in [1.54, 1.807) is 6.20 Å². The number of hydrogen-bond donors (Lipinski definition) is 1. The molecule has 1 N–H and O–H groups in total. The second-order valence-corrected chi connectivity index (χ2v) is 7.27. The minimum atomic E-state index is -0.277. The van der Waals surface area contributed by atoms with Crippen LogP contribution in [0, 0.1) is 5.92 Å². The Morgan fingerprint density at radius 1 is 1.24 bits per heavy atom. The van der Waals surface area contributed by atoms with Gasteiger partial charge >= 0.3 is 0 Å². The smallest absolute Gasteiger partial charge is 0.249 e. The molecule has 132 valence electrons. The van der Waals surface area contributed by atoms with E-state index in [2.05, 4.69) is 20.4 Å². The fourth-order valence-electron chi connectivity index (χ4n) is 3.48. The van der Waals surface area contributed by atoms with Gasteiger partial charge in [0.2, 0.25) is 17.6 Å². The summed E-state index contributed by atoms with van der Waals surface area (Å²) in [6, 6.07) is 3.66. The van der Waals surface area contributed by atoms with Gasteiger partial charge in [-0.2, -0.15) is 4.98 Å². The lowest BCUT2D eigenvalue weighted by atomic mass is 9.88. The molecule has 0 unspecified atom stereocenters. The molecule has 6 nitrogen and oxygen atoms in total. The van der Waals surface area contributed by atoms with Crippen LogP contribution in [0.5, 0.6) is 0 Å². The maximum atomic E-state index is 12.4. The van der Waals surface area contributed by atoms with Gasteiger partial charge in [-0.3, -0.25) is 9.78 Å². The van der Waals surface area contributed by atoms with Gasteiger partial charge in [0.25, 0.3) is 0 Å². The third-order valence-electron chi connectivity index (χ3n) is 5.18. The first kappa shape index (κ1) is 16.2. The quantitative estimate of drug-likeness (QED) is 0.896. The van der Waals surface area contributed by atoms with Gasteiger partial charge in [0.1, 0.15) is 6.04 Å². The van der Waals surface area contributed by atoms with Crippen molar-refractivity contribution in [2.75, 3.05) is 0 Å². The minimum Gasteiger partial charge on any atom is -0.344 e. The molecule has 4 rings (SSSR count). The average Bonchev–Trinajstić information content (AvgIpc) is 3.39. The number of nitrogens with one attached hydrogen (secondary N) is 1. The van der Waals surface area contributed by atoms with E-state index in [4.69, 9.17) is 4.52 Å². The number of rotatable bonds is 5. The van der Waals surface area contributed by atoms with Gasteiger partial charge in [-0.15, -0.1) is 0 Å². The van der Waals surface area contributed by atoms with Crippen molar-refractivity contribution in [1.82, 2.24) is 20.4 Å². The first-order chi connectivity index (χ1) is 12.2. The molecule has 2 aromatic rings. The van der Waals surface area contributed by atoms with Gasteiger partial charge < -0.3 is 9.84 Å². The number of amides is 1. The number of pyridine rings is 1. The second kappa shape index (κ2) is 6.94. The standard InChI is InChI=1S/C19H24N4O2/c1-12(21-18(24)14-5-3-2-4-6-14)19-22-17(23-25-19)15-9-10-20-16(11-15)13-7-8-13/h9-14H,2-8H2,1H3,(H,21,24)/t12-/m0/s1. The first-order valence-corrected chi connectivity index (χ1v) is 9.31. The van der Waals surface area contributed by atoms with E-state index in [0.717, 1.165) is 36.9 Å². The van der Waals surface area contributed by atoms with Crippen molar-refractivity contribution in [3.63, 3.8) is 0 Å². The molecule has 2 aliphatic carbocycles. The summed E-state index contributed by atoms with van der Waals surface area (Å²) in [6.45, 7) is 1.89. The Kier molecular flexibility index (Phi) is 4.51. The van der Waals surface area contributed by atoms with E-state index in [9.17, 15) is 4.79 Å². The molecule has 2 saturated carbocycles. The van der Waals surface area contributed by atoms with Gasteiger partial charge in [-0.1, -0.05) is 24.4 Å². The Balaban J connectivity index is 1.43. The molecule has 6 heteroatoms. The number of carbonyl (C=O) groups excluding carboxylic acids is 1. The lowest BCUT2D eigenvalue weighted by Gasteiger charge is -2.22. The van der Waals surface area contributed by atoms with Gasteiger partial charge in [-0.05, 0) is 44.7 Å².